The Morgan fingerprint density at radius 2 is 1.65 bits per heavy atom. The van der Waals surface area contributed by atoms with Crippen LogP contribution in [-0.4, -0.2) is 0 Å². The van der Waals surface area contributed by atoms with E-state index in [2.05, 4.69) is 18.4 Å². The minimum atomic E-state index is -0.990. The molecule has 3 heteroatoms. The molecule has 1 unspecified atom stereocenters. The monoisotopic (exact) mass is 422 g/mol. The molecule has 1 fully saturated rings. The molecule has 0 N–H and O–H groups in total. The molecule has 1 atom stereocenters. The van der Waals surface area contributed by atoms with E-state index in [4.69, 9.17) is 0 Å². The van der Waals surface area contributed by atoms with Crippen LogP contribution >= 0.6 is 0 Å². The molecule has 0 aromatic heterocycles. The summed E-state index contributed by atoms with van der Waals surface area (Å²) in [6.45, 7) is 3.83. The quantitative estimate of drug-likeness (QED) is 0.356. The van der Waals surface area contributed by atoms with E-state index in [9.17, 15) is 13.2 Å². The van der Waals surface area contributed by atoms with Crippen molar-refractivity contribution in [3.05, 3.63) is 82.7 Å². The number of aryl methyl sites for hydroxylation is 1. The molecule has 2 aromatic rings. The number of fused-ring (bicyclic) bond motifs is 1. The Morgan fingerprint density at radius 3 is 2.42 bits per heavy atom. The van der Waals surface area contributed by atoms with Crippen LogP contribution in [-0.2, 0) is 12.8 Å². The molecule has 0 radical (unpaired) electrons. The van der Waals surface area contributed by atoms with Gasteiger partial charge in [0.1, 0.15) is 5.82 Å². The molecule has 0 heterocycles. The van der Waals surface area contributed by atoms with Gasteiger partial charge in [-0.25, -0.2) is 13.2 Å². The number of hydrogen-bond donors (Lipinski definition) is 0. The fourth-order valence-electron chi connectivity index (χ4n) is 5.34. The van der Waals surface area contributed by atoms with Crippen LogP contribution in [0.5, 0.6) is 0 Å². The fraction of sp³-hybridized carbons (Fsp3) is 0.429. The lowest BCUT2D eigenvalue weighted by atomic mass is 9.69. The summed E-state index contributed by atoms with van der Waals surface area (Å²) >= 11 is 0. The Bertz CT molecular complexity index is 1000. The zero-order valence-corrected chi connectivity index (χ0v) is 17.9. The number of halogens is 3. The predicted octanol–water partition coefficient (Wildman–Crippen LogP) is 7.38. The molecule has 2 aromatic carbocycles. The van der Waals surface area contributed by atoms with Crippen molar-refractivity contribution in [2.75, 3.05) is 0 Å². The highest BCUT2D eigenvalue weighted by atomic mass is 19.2. The smallest absolute Gasteiger partial charge is 0.174 e. The van der Waals surface area contributed by atoms with Crippen molar-refractivity contribution < 1.29 is 13.2 Å². The van der Waals surface area contributed by atoms with Crippen LogP contribution in [0.4, 0.5) is 13.2 Å². The highest BCUT2D eigenvalue weighted by Crippen LogP contribution is 2.41. The van der Waals surface area contributed by atoms with Crippen molar-refractivity contribution >= 4 is 0 Å². The highest BCUT2D eigenvalue weighted by Gasteiger charge is 2.30. The molecule has 2 aliphatic carbocycles. The van der Waals surface area contributed by atoms with Crippen LogP contribution in [0.15, 0.2) is 43.0 Å². The fourth-order valence-corrected chi connectivity index (χ4v) is 5.34. The van der Waals surface area contributed by atoms with Gasteiger partial charge >= 0.3 is 0 Å². The van der Waals surface area contributed by atoms with Gasteiger partial charge in [0, 0.05) is 0 Å². The summed E-state index contributed by atoms with van der Waals surface area (Å²) < 4.78 is 41.9. The minimum Gasteiger partial charge on any atom is -0.206 e. The molecule has 31 heavy (non-hydrogen) atoms. The molecule has 1 saturated carbocycles. The topological polar surface area (TPSA) is 0 Å². The van der Waals surface area contributed by atoms with Crippen LogP contribution in [0.2, 0.25) is 0 Å². The number of hydrogen-bond acceptors (Lipinski definition) is 0. The Morgan fingerprint density at radius 1 is 0.871 bits per heavy atom. The average molecular weight is 423 g/mol. The van der Waals surface area contributed by atoms with Crippen molar-refractivity contribution in [3.8, 4) is 11.8 Å². The van der Waals surface area contributed by atoms with Crippen LogP contribution in [0, 0.1) is 47.0 Å². The van der Waals surface area contributed by atoms with Gasteiger partial charge < -0.3 is 0 Å². The first-order chi connectivity index (χ1) is 15.0. The van der Waals surface area contributed by atoms with Crippen molar-refractivity contribution in [1.29, 1.82) is 0 Å². The largest absolute Gasteiger partial charge is 0.206 e. The third kappa shape index (κ3) is 5.06. The lowest BCUT2D eigenvalue weighted by molar-refractivity contribution is 0.185. The summed E-state index contributed by atoms with van der Waals surface area (Å²) in [5.41, 5.74) is 2.43. The maximum absolute atomic E-state index is 14.7. The summed E-state index contributed by atoms with van der Waals surface area (Å²) in [5, 5.41) is 0. The molecular weight excluding hydrogens is 393 g/mol. The lowest BCUT2D eigenvalue weighted by Gasteiger charge is -2.36. The molecule has 0 nitrogen and oxygen atoms in total. The van der Waals surface area contributed by atoms with Crippen molar-refractivity contribution in [3.63, 3.8) is 0 Å². The maximum atomic E-state index is 14.7. The van der Waals surface area contributed by atoms with Gasteiger partial charge in [0.2, 0.25) is 0 Å². The summed E-state index contributed by atoms with van der Waals surface area (Å²) in [7, 11) is 0. The Balaban J connectivity index is 1.44. The van der Waals surface area contributed by atoms with E-state index in [1.54, 1.807) is 12.1 Å². The molecule has 162 valence electrons. The summed E-state index contributed by atoms with van der Waals surface area (Å²) in [5.74, 6) is 5.19. The molecular formula is C28H29F3. The van der Waals surface area contributed by atoms with E-state index in [0.29, 0.717) is 5.92 Å². The second-order valence-corrected chi connectivity index (χ2v) is 9.10. The third-order valence-corrected chi connectivity index (χ3v) is 7.18. The SMILES string of the molecule is C=CCCC1CCC(C2CCc3cc(C#Cc4cccc(F)c4F)c(F)cc3C2)CC1. The predicted molar refractivity (Wildman–Crippen MR) is 119 cm³/mol. The summed E-state index contributed by atoms with van der Waals surface area (Å²) in [6.07, 6.45) is 12.6. The maximum Gasteiger partial charge on any atom is 0.174 e. The Kier molecular flexibility index (Phi) is 6.86. The highest BCUT2D eigenvalue weighted by molar-refractivity contribution is 5.47. The van der Waals surface area contributed by atoms with E-state index in [1.165, 1.54) is 44.2 Å². The standard InChI is InChI=1S/C28H29F3/c1-2-3-5-19-8-10-20(11-9-19)22-13-14-23-16-24(27(30)18-25(23)17-22)15-12-21-6-4-7-26(29)28(21)31/h2,4,6-7,16,18-20,22H,1,3,5,8-11,13-14,17H2. The number of rotatable bonds is 4. The zero-order chi connectivity index (χ0) is 21.8. The zero-order valence-electron chi connectivity index (χ0n) is 17.9. The first-order valence-corrected chi connectivity index (χ1v) is 11.4. The lowest BCUT2D eigenvalue weighted by Crippen LogP contribution is -2.26. The second-order valence-electron chi connectivity index (χ2n) is 9.10. The van der Waals surface area contributed by atoms with Gasteiger partial charge in [-0.3, -0.25) is 0 Å². The normalized spacial score (nSPS) is 22.9. The third-order valence-electron chi connectivity index (χ3n) is 7.18. The summed E-state index contributed by atoms with van der Waals surface area (Å²) in [4.78, 5) is 0. The van der Waals surface area contributed by atoms with E-state index >= 15 is 0 Å². The molecule has 0 aliphatic heterocycles. The molecule has 0 spiro atoms. The van der Waals surface area contributed by atoms with E-state index < -0.39 is 11.6 Å². The van der Waals surface area contributed by atoms with E-state index in [0.717, 1.165) is 54.7 Å². The van der Waals surface area contributed by atoms with Gasteiger partial charge in [0.05, 0.1) is 11.1 Å². The van der Waals surface area contributed by atoms with Crippen LogP contribution < -0.4 is 0 Å². The molecule has 4 rings (SSSR count). The molecule has 0 amide bonds. The van der Waals surface area contributed by atoms with Crippen molar-refractivity contribution in [2.24, 2.45) is 17.8 Å². The number of allylic oxidation sites excluding steroid dienone is 1. The van der Waals surface area contributed by atoms with Gasteiger partial charge in [-0.2, -0.15) is 0 Å². The Hall–Kier alpha value is -2.47. The van der Waals surface area contributed by atoms with Crippen LogP contribution in [0.1, 0.15) is 67.2 Å². The molecule has 2 aliphatic rings. The number of benzene rings is 2. The Labute approximate surface area is 183 Å². The van der Waals surface area contributed by atoms with Gasteiger partial charge in [0.25, 0.3) is 0 Å². The summed E-state index contributed by atoms with van der Waals surface area (Å²) in [6, 6.07) is 7.27. The van der Waals surface area contributed by atoms with Gasteiger partial charge in [-0.1, -0.05) is 36.8 Å². The van der Waals surface area contributed by atoms with E-state index in [-0.39, 0.29) is 16.9 Å². The van der Waals surface area contributed by atoms with Gasteiger partial charge in [-0.15, -0.1) is 6.58 Å². The van der Waals surface area contributed by atoms with Crippen molar-refractivity contribution in [1.82, 2.24) is 0 Å². The van der Waals surface area contributed by atoms with Crippen LogP contribution in [0.25, 0.3) is 0 Å². The first kappa shape index (κ1) is 21.8. The first-order valence-electron chi connectivity index (χ1n) is 11.4. The second kappa shape index (κ2) is 9.77. The van der Waals surface area contributed by atoms with Gasteiger partial charge in [0.15, 0.2) is 11.6 Å². The molecule has 0 saturated heterocycles. The van der Waals surface area contributed by atoms with Crippen LogP contribution in [0.3, 0.4) is 0 Å². The average Bonchev–Trinajstić information content (AvgIpc) is 2.78. The van der Waals surface area contributed by atoms with Gasteiger partial charge in [-0.05, 0) is 98.1 Å². The minimum absolute atomic E-state index is 0.0547. The van der Waals surface area contributed by atoms with Crippen molar-refractivity contribution in [2.45, 2.75) is 57.8 Å². The molecule has 0 bridgehead atoms. The van der Waals surface area contributed by atoms with E-state index in [1.807, 2.05) is 6.08 Å².